The fourth-order valence-corrected chi connectivity index (χ4v) is 2.22. The first-order chi connectivity index (χ1) is 10.1. The van der Waals surface area contributed by atoms with Crippen LogP contribution in [0.3, 0.4) is 0 Å². The quantitative estimate of drug-likeness (QED) is 0.820. The number of amides is 1. The highest BCUT2D eigenvalue weighted by atomic mass is 35.5. The van der Waals surface area contributed by atoms with Crippen molar-refractivity contribution in [2.75, 3.05) is 32.2 Å². The molecule has 0 aliphatic carbocycles. The van der Waals surface area contributed by atoms with E-state index < -0.39 is 5.97 Å². The number of ether oxygens (including phenoxy) is 2. The van der Waals surface area contributed by atoms with E-state index in [9.17, 15) is 9.59 Å². The summed E-state index contributed by atoms with van der Waals surface area (Å²) in [5.74, 6) is -0.524. The Morgan fingerprint density at radius 1 is 1.45 bits per heavy atom. The van der Waals surface area contributed by atoms with Crippen LogP contribution >= 0.6 is 12.4 Å². The van der Waals surface area contributed by atoms with Crippen molar-refractivity contribution in [3.8, 4) is 0 Å². The molecule has 1 aliphatic heterocycles. The van der Waals surface area contributed by atoms with Crippen LogP contribution in [0.5, 0.6) is 0 Å². The minimum Gasteiger partial charge on any atom is -0.465 e. The summed E-state index contributed by atoms with van der Waals surface area (Å²) < 4.78 is 10.0. The maximum Gasteiger partial charge on any atom is 0.338 e. The number of halogens is 1. The summed E-state index contributed by atoms with van der Waals surface area (Å²) in [7, 11) is 1.34. The molecule has 2 rings (SSSR count). The Hall–Kier alpha value is -1.63. The van der Waals surface area contributed by atoms with E-state index in [1.165, 1.54) is 7.11 Å². The standard InChI is InChI=1S/C15H20N2O4.ClH/c1-10-3-4-11(7-13(10)15(19)20-2)17-14(18)8-12-9-21-6-5-16-12;/h3-4,7,12,16H,5-6,8-9H2,1-2H3,(H,17,18);1H. The van der Waals surface area contributed by atoms with E-state index in [0.717, 1.165) is 12.1 Å². The Labute approximate surface area is 136 Å². The van der Waals surface area contributed by atoms with Crippen LogP contribution in [0, 0.1) is 6.92 Å². The van der Waals surface area contributed by atoms with E-state index in [2.05, 4.69) is 10.6 Å². The molecule has 0 saturated carbocycles. The lowest BCUT2D eigenvalue weighted by Gasteiger charge is -2.23. The molecule has 1 amide bonds. The van der Waals surface area contributed by atoms with Gasteiger partial charge in [-0.25, -0.2) is 4.79 Å². The largest absolute Gasteiger partial charge is 0.465 e. The van der Waals surface area contributed by atoms with Crippen LogP contribution in [0.4, 0.5) is 5.69 Å². The number of carbonyl (C=O) groups is 2. The normalized spacial score (nSPS) is 17.3. The van der Waals surface area contributed by atoms with E-state index in [4.69, 9.17) is 9.47 Å². The van der Waals surface area contributed by atoms with Crippen molar-refractivity contribution in [3.05, 3.63) is 29.3 Å². The lowest BCUT2D eigenvalue weighted by molar-refractivity contribution is -0.117. The number of methoxy groups -OCH3 is 1. The number of benzene rings is 1. The Balaban J connectivity index is 0.00000242. The maximum absolute atomic E-state index is 12.0. The second kappa shape index (κ2) is 8.73. The van der Waals surface area contributed by atoms with Crippen LogP contribution in [0.15, 0.2) is 18.2 Å². The van der Waals surface area contributed by atoms with Gasteiger partial charge in [0.1, 0.15) is 0 Å². The SMILES string of the molecule is COC(=O)c1cc(NC(=O)CC2COCCN2)ccc1C.Cl. The molecule has 0 bridgehead atoms. The van der Waals surface area contributed by atoms with Crippen LogP contribution in [0.2, 0.25) is 0 Å². The monoisotopic (exact) mass is 328 g/mol. The molecule has 7 heteroatoms. The minimum atomic E-state index is -0.411. The van der Waals surface area contributed by atoms with E-state index >= 15 is 0 Å². The molecule has 6 nitrogen and oxygen atoms in total. The number of morpholine rings is 1. The van der Waals surface area contributed by atoms with Gasteiger partial charge >= 0.3 is 5.97 Å². The molecule has 1 aromatic carbocycles. The molecule has 1 heterocycles. The van der Waals surface area contributed by atoms with Gasteiger partial charge in [-0.05, 0) is 24.6 Å². The highest BCUT2D eigenvalue weighted by Gasteiger charge is 2.17. The molecular weight excluding hydrogens is 308 g/mol. The first kappa shape index (κ1) is 18.4. The lowest BCUT2D eigenvalue weighted by Crippen LogP contribution is -2.43. The van der Waals surface area contributed by atoms with E-state index in [1.54, 1.807) is 18.2 Å². The van der Waals surface area contributed by atoms with Gasteiger partial charge in [-0.1, -0.05) is 6.07 Å². The lowest BCUT2D eigenvalue weighted by atomic mass is 10.1. The molecule has 1 atom stereocenters. The number of anilines is 1. The van der Waals surface area contributed by atoms with Gasteiger partial charge in [-0.2, -0.15) is 0 Å². The number of rotatable bonds is 4. The van der Waals surface area contributed by atoms with Gasteiger partial charge in [0.25, 0.3) is 0 Å². The Morgan fingerprint density at radius 2 is 2.23 bits per heavy atom. The van der Waals surface area contributed by atoms with Crippen LogP contribution in [-0.2, 0) is 14.3 Å². The van der Waals surface area contributed by atoms with Gasteiger partial charge in [-0.3, -0.25) is 4.79 Å². The second-order valence-corrected chi connectivity index (χ2v) is 5.00. The molecule has 122 valence electrons. The van der Waals surface area contributed by atoms with Gasteiger partial charge < -0.3 is 20.1 Å². The molecule has 22 heavy (non-hydrogen) atoms. The average molecular weight is 329 g/mol. The molecule has 2 N–H and O–H groups in total. The maximum atomic E-state index is 12.0. The molecule has 0 radical (unpaired) electrons. The highest BCUT2D eigenvalue weighted by Crippen LogP contribution is 2.16. The van der Waals surface area contributed by atoms with Gasteiger partial charge in [-0.15, -0.1) is 12.4 Å². The predicted octanol–water partition coefficient (Wildman–Crippen LogP) is 1.52. The topological polar surface area (TPSA) is 76.7 Å². The fourth-order valence-electron chi connectivity index (χ4n) is 2.22. The molecular formula is C15H21ClN2O4. The number of hydrogen-bond acceptors (Lipinski definition) is 5. The van der Waals surface area contributed by atoms with Gasteiger partial charge in [0.05, 0.1) is 25.9 Å². The zero-order chi connectivity index (χ0) is 15.2. The summed E-state index contributed by atoms with van der Waals surface area (Å²) >= 11 is 0. The molecule has 1 aromatic rings. The third-order valence-electron chi connectivity index (χ3n) is 3.36. The Kier molecular flexibility index (Phi) is 7.31. The number of esters is 1. The molecule has 1 unspecified atom stereocenters. The third-order valence-corrected chi connectivity index (χ3v) is 3.36. The third kappa shape index (κ3) is 4.98. The fraction of sp³-hybridized carbons (Fsp3) is 0.467. The van der Waals surface area contributed by atoms with E-state index in [0.29, 0.717) is 30.9 Å². The van der Waals surface area contributed by atoms with Crippen molar-refractivity contribution in [3.63, 3.8) is 0 Å². The van der Waals surface area contributed by atoms with E-state index in [1.807, 2.05) is 6.92 Å². The second-order valence-electron chi connectivity index (χ2n) is 5.00. The smallest absolute Gasteiger partial charge is 0.338 e. The first-order valence-electron chi connectivity index (χ1n) is 6.90. The summed E-state index contributed by atoms with van der Waals surface area (Å²) in [6.45, 7) is 3.80. The number of nitrogens with one attached hydrogen (secondary N) is 2. The average Bonchev–Trinajstić information content (AvgIpc) is 2.49. The van der Waals surface area contributed by atoms with Gasteiger partial charge in [0.15, 0.2) is 0 Å². The van der Waals surface area contributed by atoms with Crippen molar-refractivity contribution in [1.29, 1.82) is 0 Å². The molecule has 0 aromatic heterocycles. The zero-order valence-corrected chi connectivity index (χ0v) is 13.5. The van der Waals surface area contributed by atoms with Crippen molar-refractivity contribution < 1.29 is 19.1 Å². The first-order valence-corrected chi connectivity index (χ1v) is 6.90. The van der Waals surface area contributed by atoms with Crippen molar-refractivity contribution in [1.82, 2.24) is 5.32 Å². The number of hydrogen-bond donors (Lipinski definition) is 2. The molecule has 1 saturated heterocycles. The molecule has 0 spiro atoms. The summed E-state index contributed by atoms with van der Waals surface area (Å²) in [5, 5.41) is 6.02. The zero-order valence-electron chi connectivity index (χ0n) is 12.7. The van der Waals surface area contributed by atoms with Crippen molar-refractivity contribution >= 4 is 30.0 Å². The number of aryl methyl sites for hydroxylation is 1. The van der Waals surface area contributed by atoms with Gasteiger partial charge in [0.2, 0.25) is 5.91 Å². The summed E-state index contributed by atoms with van der Waals surface area (Å²) in [5.41, 5.74) is 1.85. The Bertz CT molecular complexity index is 530. The predicted molar refractivity (Wildman–Crippen MR) is 85.6 cm³/mol. The van der Waals surface area contributed by atoms with Crippen LogP contribution in [-0.4, -0.2) is 44.8 Å². The van der Waals surface area contributed by atoms with Crippen LogP contribution < -0.4 is 10.6 Å². The van der Waals surface area contributed by atoms with Crippen LogP contribution in [0.1, 0.15) is 22.3 Å². The van der Waals surface area contributed by atoms with Crippen molar-refractivity contribution in [2.45, 2.75) is 19.4 Å². The summed E-state index contributed by atoms with van der Waals surface area (Å²) in [6, 6.07) is 5.21. The molecule has 1 aliphatic rings. The summed E-state index contributed by atoms with van der Waals surface area (Å²) in [4.78, 5) is 23.6. The minimum absolute atomic E-state index is 0. The van der Waals surface area contributed by atoms with Crippen LogP contribution in [0.25, 0.3) is 0 Å². The number of carbonyl (C=O) groups excluding carboxylic acids is 2. The van der Waals surface area contributed by atoms with Crippen molar-refractivity contribution in [2.24, 2.45) is 0 Å². The molecule has 1 fully saturated rings. The summed E-state index contributed by atoms with van der Waals surface area (Å²) in [6.07, 6.45) is 0.335. The highest BCUT2D eigenvalue weighted by molar-refractivity contribution is 5.95. The van der Waals surface area contributed by atoms with E-state index in [-0.39, 0.29) is 24.4 Å². The Morgan fingerprint density at radius 3 is 2.86 bits per heavy atom. The van der Waals surface area contributed by atoms with Gasteiger partial charge in [0, 0.05) is 24.7 Å².